The van der Waals surface area contributed by atoms with Crippen molar-refractivity contribution < 1.29 is 19.1 Å². The van der Waals surface area contributed by atoms with Gasteiger partial charge in [-0.2, -0.15) is 0 Å². The second kappa shape index (κ2) is 8.77. The minimum absolute atomic E-state index is 0.112. The van der Waals surface area contributed by atoms with Gasteiger partial charge in [0.2, 0.25) is 5.91 Å². The summed E-state index contributed by atoms with van der Waals surface area (Å²) in [5, 5.41) is 2.53. The summed E-state index contributed by atoms with van der Waals surface area (Å²) in [5.74, 6) is -0.800. The highest BCUT2D eigenvalue weighted by Gasteiger charge is 2.23. The standard InChI is InChI=1S/C16H23N3O4/c1-10(2)15(17-12(4)20)16(22)19-18-14(21)9-23-13-8-6-5-7-11(13)3/h5-8,10,15H,9H2,1-4H3,(H,17,20)(H,18,21)(H,19,22)/t15-/m0/s1. The number of nitrogens with one attached hydrogen (secondary N) is 3. The van der Waals surface area contributed by atoms with Gasteiger partial charge in [0.05, 0.1) is 0 Å². The summed E-state index contributed by atoms with van der Waals surface area (Å²) in [5.41, 5.74) is 5.46. The molecule has 1 aromatic rings. The Morgan fingerprint density at radius 1 is 1.13 bits per heavy atom. The molecule has 0 spiro atoms. The van der Waals surface area contributed by atoms with Gasteiger partial charge in [-0.15, -0.1) is 0 Å². The highest BCUT2D eigenvalue weighted by Crippen LogP contribution is 2.15. The van der Waals surface area contributed by atoms with Crippen molar-refractivity contribution in [3.8, 4) is 5.75 Å². The summed E-state index contributed by atoms with van der Waals surface area (Å²) in [6.45, 7) is 6.57. The van der Waals surface area contributed by atoms with Crippen LogP contribution in [0, 0.1) is 12.8 Å². The average Bonchev–Trinajstić information content (AvgIpc) is 2.49. The molecule has 0 saturated heterocycles. The van der Waals surface area contributed by atoms with Crippen LogP contribution in [0.1, 0.15) is 26.3 Å². The molecule has 0 saturated carbocycles. The molecule has 7 heteroatoms. The number of hydrogen-bond acceptors (Lipinski definition) is 4. The molecule has 0 aliphatic carbocycles. The van der Waals surface area contributed by atoms with Crippen LogP contribution in [0.5, 0.6) is 5.75 Å². The first-order valence-corrected chi connectivity index (χ1v) is 7.35. The molecule has 0 aliphatic rings. The van der Waals surface area contributed by atoms with E-state index in [1.807, 2.05) is 25.1 Å². The van der Waals surface area contributed by atoms with Crippen molar-refractivity contribution in [1.82, 2.24) is 16.2 Å². The van der Waals surface area contributed by atoms with Crippen molar-refractivity contribution in [2.45, 2.75) is 33.7 Å². The number of benzene rings is 1. The molecule has 0 unspecified atom stereocenters. The third-order valence-electron chi connectivity index (χ3n) is 3.09. The fraction of sp³-hybridized carbons (Fsp3) is 0.438. The number of hydrazine groups is 1. The maximum Gasteiger partial charge on any atom is 0.276 e. The van der Waals surface area contributed by atoms with Crippen LogP contribution in [0.4, 0.5) is 0 Å². The maximum absolute atomic E-state index is 12.0. The monoisotopic (exact) mass is 321 g/mol. The summed E-state index contributed by atoms with van der Waals surface area (Å²) in [7, 11) is 0. The molecule has 126 valence electrons. The quantitative estimate of drug-likeness (QED) is 0.671. The minimum atomic E-state index is -0.718. The van der Waals surface area contributed by atoms with Gasteiger partial charge in [-0.05, 0) is 24.5 Å². The zero-order valence-corrected chi connectivity index (χ0v) is 13.8. The van der Waals surface area contributed by atoms with E-state index in [-0.39, 0.29) is 18.4 Å². The van der Waals surface area contributed by atoms with Crippen LogP contribution in [0.15, 0.2) is 24.3 Å². The van der Waals surface area contributed by atoms with Gasteiger partial charge in [-0.3, -0.25) is 25.2 Å². The predicted molar refractivity (Wildman–Crippen MR) is 85.4 cm³/mol. The molecule has 1 rings (SSSR count). The number of amides is 3. The number of ether oxygens (including phenoxy) is 1. The summed E-state index contributed by atoms with van der Waals surface area (Å²) >= 11 is 0. The number of hydrogen-bond donors (Lipinski definition) is 3. The zero-order valence-electron chi connectivity index (χ0n) is 13.8. The second-order valence-corrected chi connectivity index (χ2v) is 5.51. The molecule has 0 fully saturated rings. The van der Waals surface area contributed by atoms with Crippen molar-refractivity contribution in [3.63, 3.8) is 0 Å². The fourth-order valence-electron chi connectivity index (χ4n) is 1.86. The molecule has 0 aromatic heterocycles. The molecule has 0 radical (unpaired) electrons. The lowest BCUT2D eigenvalue weighted by atomic mass is 10.0. The number of aryl methyl sites for hydroxylation is 1. The van der Waals surface area contributed by atoms with Crippen molar-refractivity contribution in [1.29, 1.82) is 0 Å². The molecule has 0 bridgehead atoms. The fourth-order valence-corrected chi connectivity index (χ4v) is 1.86. The molecule has 0 heterocycles. The van der Waals surface area contributed by atoms with E-state index in [1.165, 1.54) is 6.92 Å². The minimum Gasteiger partial charge on any atom is -0.483 e. The summed E-state index contributed by atoms with van der Waals surface area (Å²) in [6.07, 6.45) is 0. The summed E-state index contributed by atoms with van der Waals surface area (Å²) in [6, 6.07) is 6.59. The molecular formula is C16H23N3O4. The Morgan fingerprint density at radius 2 is 1.78 bits per heavy atom. The zero-order chi connectivity index (χ0) is 17.4. The van der Waals surface area contributed by atoms with Crippen molar-refractivity contribution in [2.24, 2.45) is 5.92 Å². The lowest BCUT2D eigenvalue weighted by Gasteiger charge is -2.21. The first-order valence-electron chi connectivity index (χ1n) is 7.35. The van der Waals surface area contributed by atoms with Crippen LogP contribution in [0.3, 0.4) is 0 Å². The Morgan fingerprint density at radius 3 is 2.35 bits per heavy atom. The lowest BCUT2D eigenvalue weighted by molar-refractivity contribution is -0.133. The van der Waals surface area contributed by atoms with E-state index >= 15 is 0 Å². The summed E-state index contributed by atoms with van der Waals surface area (Å²) < 4.78 is 5.37. The van der Waals surface area contributed by atoms with Crippen molar-refractivity contribution in [3.05, 3.63) is 29.8 Å². The van der Waals surface area contributed by atoms with Crippen LogP contribution >= 0.6 is 0 Å². The molecule has 23 heavy (non-hydrogen) atoms. The van der Waals surface area contributed by atoms with Crippen LogP contribution in [0.2, 0.25) is 0 Å². The van der Waals surface area contributed by atoms with E-state index in [9.17, 15) is 14.4 Å². The number of carbonyl (C=O) groups is 3. The molecule has 3 N–H and O–H groups in total. The smallest absolute Gasteiger partial charge is 0.276 e. The third-order valence-corrected chi connectivity index (χ3v) is 3.09. The first kappa shape index (κ1) is 18.5. The highest BCUT2D eigenvalue weighted by atomic mass is 16.5. The van der Waals surface area contributed by atoms with E-state index in [1.54, 1.807) is 19.9 Å². The Hall–Kier alpha value is -2.57. The van der Waals surface area contributed by atoms with E-state index in [0.29, 0.717) is 5.75 Å². The van der Waals surface area contributed by atoms with Crippen molar-refractivity contribution >= 4 is 17.7 Å². The molecule has 1 aromatic carbocycles. The Kier molecular flexibility index (Phi) is 7.05. The molecule has 0 aliphatic heterocycles. The molecule has 1 atom stereocenters. The van der Waals surface area contributed by atoms with Gasteiger partial charge in [0.15, 0.2) is 6.61 Å². The van der Waals surface area contributed by atoms with Gasteiger partial charge in [0.25, 0.3) is 11.8 Å². The SMILES string of the molecule is CC(=O)N[C@H](C(=O)NNC(=O)COc1ccccc1C)C(C)C. The maximum atomic E-state index is 12.0. The van der Waals surface area contributed by atoms with E-state index in [4.69, 9.17) is 4.74 Å². The van der Waals surface area contributed by atoms with Gasteiger partial charge in [0, 0.05) is 6.92 Å². The Balaban J connectivity index is 2.44. The number of rotatable bonds is 6. The van der Waals surface area contributed by atoms with E-state index in [0.717, 1.165) is 5.56 Å². The van der Waals surface area contributed by atoms with Gasteiger partial charge < -0.3 is 10.1 Å². The first-order chi connectivity index (χ1) is 10.8. The average molecular weight is 321 g/mol. The molecule has 7 nitrogen and oxygen atoms in total. The van der Waals surface area contributed by atoms with Crippen LogP contribution in [-0.2, 0) is 14.4 Å². The third kappa shape index (κ3) is 6.37. The molecule has 3 amide bonds. The Labute approximate surface area is 135 Å². The van der Waals surface area contributed by atoms with E-state index in [2.05, 4.69) is 16.2 Å². The van der Waals surface area contributed by atoms with Gasteiger partial charge in [-0.25, -0.2) is 0 Å². The lowest BCUT2D eigenvalue weighted by Crippen LogP contribution is -2.54. The van der Waals surface area contributed by atoms with Crippen LogP contribution in [-0.4, -0.2) is 30.4 Å². The largest absolute Gasteiger partial charge is 0.483 e. The van der Waals surface area contributed by atoms with Crippen LogP contribution in [0.25, 0.3) is 0 Å². The number of carbonyl (C=O) groups excluding carboxylic acids is 3. The van der Waals surface area contributed by atoms with Gasteiger partial charge in [-0.1, -0.05) is 32.0 Å². The van der Waals surface area contributed by atoms with Gasteiger partial charge >= 0.3 is 0 Å². The van der Waals surface area contributed by atoms with Crippen molar-refractivity contribution in [2.75, 3.05) is 6.61 Å². The predicted octanol–water partition coefficient (Wildman–Crippen LogP) is 0.682. The second-order valence-electron chi connectivity index (χ2n) is 5.51. The normalized spacial score (nSPS) is 11.5. The number of para-hydroxylation sites is 1. The van der Waals surface area contributed by atoms with Crippen LogP contribution < -0.4 is 20.9 Å². The molecular weight excluding hydrogens is 298 g/mol. The van der Waals surface area contributed by atoms with Gasteiger partial charge in [0.1, 0.15) is 11.8 Å². The Bertz CT molecular complexity index is 572. The summed E-state index contributed by atoms with van der Waals surface area (Å²) in [4.78, 5) is 34.8. The van der Waals surface area contributed by atoms with E-state index < -0.39 is 17.9 Å². The topological polar surface area (TPSA) is 96.5 Å². The highest BCUT2D eigenvalue weighted by molar-refractivity contribution is 5.89.